The molecule has 0 spiro atoms. The van der Waals surface area contributed by atoms with E-state index in [1.54, 1.807) is 4.90 Å². The fourth-order valence-electron chi connectivity index (χ4n) is 2.92. The normalized spacial score (nSPS) is 16.9. The van der Waals surface area contributed by atoms with Crippen LogP contribution in [-0.4, -0.2) is 53.9 Å². The molecule has 8 heteroatoms. The van der Waals surface area contributed by atoms with Gasteiger partial charge >= 0.3 is 12.1 Å². The average Bonchev–Trinajstić information content (AvgIpc) is 2.89. The van der Waals surface area contributed by atoms with E-state index >= 15 is 0 Å². The van der Waals surface area contributed by atoms with E-state index in [2.05, 4.69) is 10.6 Å². The summed E-state index contributed by atoms with van der Waals surface area (Å²) in [5.74, 6) is -0.224. The van der Waals surface area contributed by atoms with Crippen LogP contribution in [-0.2, 0) is 17.8 Å². The molecule has 0 unspecified atom stereocenters. The minimum absolute atomic E-state index is 0.0579. The number of fused-ring (bicyclic) bond motifs is 1. The van der Waals surface area contributed by atoms with Crippen LogP contribution < -0.4 is 10.6 Å². The predicted molar refractivity (Wildman–Crippen MR) is 88.7 cm³/mol. The first-order chi connectivity index (χ1) is 11.5. The van der Waals surface area contributed by atoms with Crippen molar-refractivity contribution in [3.63, 3.8) is 0 Å². The van der Waals surface area contributed by atoms with Crippen molar-refractivity contribution in [1.82, 2.24) is 20.4 Å². The Morgan fingerprint density at radius 3 is 2.88 bits per heavy atom. The smallest absolute Gasteiger partial charge is 0.324 e. The van der Waals surface area contributed by atoms with Gasteiger partial charge in [-0.05, 0) is 36.1 Å². The van der Waals surface area contributed by atoms with Gasteiger partial charge in [-0.1, -0.05) is 17.7 Å². The van der Waals surface area contributed by atoms with Gasteiger partial charge < -0.3 is 15.5 Å². The molecule has 0 atom stereocenters. The van der Waals surface area contributed by atoms with Gasteiger partial charge in [0, 0.05) is 31.2 Å². The Kier molecular flexibility index (Phi) is 4.89. The van der Waals surface area contributed by atoms with Crippen LogP contribution in [0.4, 0.5) is 9.59 Å². The summed E-state index contributed by atoms with van der Waals surface area (Å²) in [5.41, 5.74) is 2.30. The lowest BCUT2D eigenvalue weighted by molar-refractivity contribution is -0.125. The van der Waals surface area contributed by atoms with E-state index in [0.29, 0.717) is 37.6 Å². The van der Waals surface area contributed by atoms with Crippen LogP contribution >= 0.6 is 11.6 Å². The van der Waals surface area contributed by atoms with Gasteiger partial charge in [0.15, 0.2) is 0 Å². The average molecular weight is 351 g/mol. The number of nitrogens with zero attached hydrogens (tertiary/aromatic N) is 2. The molecule has 1 saturated heterocycles. The number of hydrogen-bond donors (Lipinski definition) is 2. The van der Waals surface area contributed by atoms with Crippen molar-refractivity contribution in [3.05, 3.63) is 34.3 Å². The second kappa shape index (κ2) is 7.09. The van der Waals surface area contributed by atoms with Crippen molar-refractivity contribution in [3.8, 4) is 0 Å². The molecule has 5 amide bonds. The van der Waals surface area contributed by atoms with Crippen molar-refractivity contribution in [2.75, 3.05) is 26.2 Å². The number of carbonyl (C=O) groups is 3. The van der Waals surface area contributed by atoms with Crippen molar-refractivity contribution in [1.29, 1.82) is 0 Å². The highest BCUT2D eigenvalue weighted by Crippen LogP contribution is 2.22. The number of amides is 5. The molecule has 2 aliphatic heterocycles. The van der Waals surface area contributed by atoms with Crippen LogP contribution in [0.5, 0.6) is 0 Å². The van der Waals surface area contributed by atoms with Gasteiger partial charge in [-0.15, -0.1) is 0 Å². The summed E-state index contributed by atoms with van der Waals surface area (Å²) in [6, 6.07) is 5.24. The standard InChI is InChI=1S/C16H19ClN4O3/c17-13-3-2-12-10-20(7-4-11(12)8-13)15(23)18-5-1-6-21-14(22)9-19-16(21)24/h2-3,8H,1,4-7,9-10H2,(H,18,23)(H,19,24). The third-order valence-electron chi connectivity index (χ3n) is 4.24. The zero-order chi connectivity index (χ0) is 17.1. The highest BCUT2D eigenvalue weighted by Gasteiger charge is 2.27. The molecule has 2 N–H and O–H groups in total. The molecule has 3 rings (SSSR count). The maximum absolute atomic E-state index is 12.2. The third kappa shape index (κ3) is 3.62. The first kappa shape index (κ1) is 16.6. The van der Waals surface area contributed by atoms with Crippen LogP contribution in [0.15, 0.2) is 18.2 Å². The maximum Gasteiger partial charge on any atom is 0.324 e. The van der Waals surface area contributed by atoms with Crippen molar-refractivity contribution >= 4 is 29.6 Å². The van der Waals surface area contributed by atoms with Crippen molar-refractivity contribution < 1.29 is 14.4 Å². The van der Waals surface area contributed by atoms with E-state index < -0.39 is 0 Å². The Morgan fingerprint density at radius 1 is 1.29 bits per heavy atom. The molecule has 0 radical (unpaired) electrons. The molecule has 7 nitrogen and oxygen atoms in total. The quantitative estimate of drug-likeness (QED) is 0.635. The summed E-state index contributed by atoms with van der Waals surface area (Å²) in [4.78, 5) is 38.0. The molecular weight excluding hydrogens is 332 g/mol. The molecule has 1 fully saturated rings. The molecule has 0 saturated carbocycles. The lowest BCUT2D eigenvalue weighted by Gasteiger charge is -2.29. The van der Waals surface area contributed by atoms with Crippen LogP contribution in [0.25, 0.3) is 0 Å². The van der Waals surface area contributed by atoms with Gasteiger partial charge in [0.2, 0.25) is 5.91 Å². The summed E-state index contributed by atoms with van der Waals surface area (Å²) in [7, 11) is 0. The van der Waals surface area contributed by atoms with E-state index in [4.69, 9.17) is 11.6 Å². The number of benzene rings is 1. The molecule has 24 heavy (non-hydrogen) atoms. The van der Waals surface area contributed by atoms with E-state index in [1.807, 2.05) is 18.2 Å². The fourth-order valence-corrected chi connectivity index (χ4v) is 3.12. The van der Waals surface area contributed by atoms with Gasteiger partial charge in [0.25, 0.3) is 0 Å². The summed E-state index contributed by atoms with van der Waals surface area (Å²) in [6.45, 7) is 1.99. The summed E-state index contributed by atoms with van der Waals surface area (Å²) >= 11 is 5.99. The maximum atomic E-state index is 12.2. The Balaban J connectivity index is 1.44. The number of nitrogens with one attached hydrogen (secondary N) is 2. The topological polar surface area (TPSA) is 81.8 Å². The Hall–Kier alpha value is -2.28. The second-order valence-electron chi connectivity index (χ2n) is 5.87. The second-order valence-corrected chi connectivity index (χ2v) is 6.31. The number of rotatable bonds is 4. The Morgan fingerprint density at radius 2 is 2.12 bits per heavy atom. The zero-order valence-electron chi connectivity index (χ0n) is 13.2. The summed E-state index contributed by atoms with van der Waals surface area (Å²) < 4.78 is 0. The van der Waals surface area contributed by atoms with E-state index in [1.165, 1.54) is 10.5 Å². The molecule has 0 aromatic heterocycles. The minimum atomic E-state index is -0.363. The third-order valence-corrected chi connectivity index (χ3v) is 4.47. The van der Waals surface area contributed by atoms with Gasteiger partial charge in [0.05, 0.1) is 6.54 Å². The van der Waals surface area contributed by atoms with Crippen LogP contribution in [0.1, 0.15) is 17.5 Å². The first-order valence-electron chi connectivity index (χ1n) is 7.93. The highest BCUT2D eigenvalue weighted by atomic mass is 35.5. The molecule has 0 aliphatic carbocycles. The van der Waals surface area contributed by atoms with Crippen LogP contribution in [0.3, 0.4) is 0 Å². The molecule has 1 aromatic carbocycles. The number of imide groups is 1. The minimum Gasteiger partial charge on any atom is -0.338 e. The van der Waals surface area contributed by atoms with Gasteiger partial charge in [0.1, 0.15) is 0 Å². The van der Waals surface area contributed by atoms with E-state index in [9.17, 15) is 14.4 Å². The van der Waals surface area contributed by atoms with Crippen LogP contribution in [0, 0.1) is 0 Å². The molecule has 1 aromatic rings. The lowest BCUT2D eigenvalue weighted by Crippen LogP contribution is -2.43. The number of hydrogen-bond acceptors (Lipinski definition) is 3. The number of urea groups is 2. The first-order valence-corrected chi connectivity index (χ1v) is 8.30. The van der Waals surface area contributed by atoms with E-state index in [0.717, 1.165) is 12.0 Å². The molecule has 0 bridgehead atoms. The van der Waals surface area contributed by atoms with Crippen LogP contribution in [0.2, 0.25) is 5.02 Å². The summed E-state index contributed by atoms with van der Waals surface area (Å²) in [6.07, 6.45) is 1.32. The van der Waals surface area contributed by atoms with Gasteiger partial charge in [-0.3, -0.25) is 9.69 Å². The number of carbonyl (C=O) groups excluding carboxylic acids is 3. The zero-order valence-corrected chi connectivity index (χ0v) is 13.9. The number of halogens is 1. The molecule has 2 heterocycles. The fraction of sp³-hybridized carbons (Fsp3) is 0.438. The largest absolute Gasteiger partial charge is 0.338 e. The SMILES string of the molecule is O=C(NCCCN1C(=O)CNC1=O)N1CCc2cc(Cl)ccc2C1. The van der Waals surface area contributed by atoms with Crippen molar-refractivity contribution in [2.45, 2.75) is 19.4 Å². The summed E-state index contributed by atoms with van der Waals surface area (Å²) in [5, 5.41) is 6.02. The monoisotopic (exact) mass is 350 g/mol. The highest BCUT2D eigenvalue weighted by molar-refractivity contribution is 6.30. The predicted octanol–water partition coefficient (Wildman–Crippen LogP) is 1.35. The molecule has 2 aliphatic rings. The van der Waals surface area contributed by atoms with E-state index in [-0.39, 0.29) is 24.5 Å². The van der Waals surface area contributed by atoms with Gasteiger partial charge in [-0.25, -0.2) is 9.59 Å². The Bertz CT molecular complexity index is 663. The molecule has 128 valence electrons. The Labute approximate surface area is 144 Å². The molecular formula is C16H19ClN4O3. The van der Waals surface area contributed by atoms with Crippen molar-refractivity contribution in [2.24, 2.45) is 0 Å². The lowest BCUT2D eigenvalue weighted by atomic mass is 10.0. The van der Waals surface area contributed by atoms with Gasteiger partial charge in [-0.2, -0.15) is 0 Å².